The van der Waals surface area contributed by atoms with Gasteiger partial charge in [-0.2, -0.15) is 0 Å². The van der Waals surface area contributed by atoms with Crippen molar-refractivity contribution in [1.82, 2.24) is 15.0 Å². The van der Waals surface area contributed by atoms with Crippen molar-refractivity contribution in [2.45, 2.75) is 20.0 Å². The molecule has 0 spiro atoms. The molecule has 4 rings (SSSR count). The van der Waals surface area contributed by atoms with Crippen molar-refractivity contribution in [2.75, 3.05) is 39.8 Å². The Bertz CT molecular complexity index is 912. The van der Waals surface area contributed by atoms with Gasteiger partial charge in [0.1, 0.15) is 29.6 Å². The van der Waals surface area contributed by atoms with Gasteiger partial charge in [0.2, 0.25) is 0 Å². The molecule has 1 atom stereocenters. The molecular formula is C20H27N5O2S+2. The van der Waals surface area contributed by atoms with Gasteiger partial charge in [0.05, 0.1) is 43.4 Å². The van der Waals surface area contributed by atoms with Gasteiger partial charge in [-0.1, -0.05) is 17.3 Å². The zero-order chi connectivity index (χ0) is 19.5. The van der Waals surface area contributed by atoms with Crippen LogP contribution in [0, 0.1) is 6.92 Å². The van der Waals surface area contributed by atoms with E-state index in [-0.39, 0.29) is 5.91 Å². The van der Waals surface area contributed by atoms with Crippen molar-refractivity contribution >= 4 is 27.5 Å². The molecule has 0 bridgehead atoms. The van der Waals surface area contributed by atoms with Crippen LogP contribution in [0.4, 0.5) is 0 Å². The Kier molecular flexibility index (Phi) is 5.70. The summed E-state index contributed by atoms with van der Waals surface area (Å²) < 4.78 is 6.35. The molecular weight excluding hydrogens is 374 g/mol. The number of benzene rings is 1. The molecule has 1 saturated heterocycles. The molecule has 148 valence electrons. The van der Waals surface area contributed by atoms with Gasteiger partial charge in [0.25, 0.3) is 5.91 Å². The van der Waals surface area contributed by atoms with Gasteiger partial charge >= 0.3 is 0 Å². The molecule has 0 radical (unpaired) electrons. The summed E-state index contributed by atoms with van der Waals surface area (Å²) in [6.45, 7) is 7.58. The molecule has 2 aromatic heterocycles. The topological polar surface area (TPSA) is 68.1 Å². The fraction of sp³-hybridized carbons (Fsp3) is 0.450. The summed E-state index contributed by atoms with van der Waals surface area (Å²) in [5, 5.41) is 5.16. The average Bonchev–Trinajstić information content (AvgIpc) is 3.27. The highest BCUT2D eigenvalue weighted by atomic mass is 32.1. The van der Waals surface area contributed by atoms with Crippen LogP contribution >= 0.6 is 11.3 Å². The largest absolute Gasteiger partial charge is 0.361 e. The number of hydrogen-bond donors (Lipinski definition) is 2. The smallest absolute Gasteiger partial charge is 0.278 e. The van der Waals surface area contributed by atoms with Gasteiger partial charge in [0, 0.05) is 6.07 Å². The number of hydrogen-bond acceptors (Lipinski definition) is 5. The van der Waals surface area contributed by atoms with E-state index in [9.17, 15) is 4.79 Å². The van der Waals surface area contributed by atoms with Gasteiger partial charge in [-0.05, 0) is 19.1 Å². The number of likely N-dealkylation sites (N-methyl/N-ethyl adjacent to an activating group) is 1. The minimum Gasteiger partial charge on any atom is -0.361 e. The first-order valence-corrected chi connectivity index (χ1v) is 10.6. The quantitative estimate of drug-likeness (QED) is 0.586. The maximum absolute atomic E-state index is 12.7. The van der Waals surface area contributed by atoms with E-state index in [2.05, 4.69) is 23.3 Å². The third kappa shape index (κ3) is 4.57. The number of rotatable bonds is 6. The summed E-state index contributed by atoms with van der Waals surface area (Å²) in [5.74, 6) is 1.08. The molecule has 1 amide bonds. The molecule has 1 aliphatic heterocycles. The molecule has 0 saturated carbocycles. The Morgan fingerprint density at radius 2 is 2.11 bits per heavy atom. The lowest BCUT2D eigenvalue weighted by Gasteiger charge is -2.32. The highest BCUT2D eigenvalue weighted by molar-refractivity contribution is 7.18. The monoisotopic (exact) mass is 401 g/mol. The SMILES string of the molecule is Cc1cc(C[NH+]2CCN(C(=O)C[NH+](C)Cc3nc4ccccc4s3)CC2)no1. The average molecular weight is 402 g/mol. The molecule has 3 aromatic rings. The van der Waals surface area contributed by atoms with Crippen LogP contribution in [0.5, 0.6) is 0 Å². The number of amides is 1. The number of nitrogens with one attached hydrogen (secondary N) is 2. The number of aryl methyl sites for hydroxylation is 1. The van der Waals surface area contributed by atoms with Crippen LogP contribution in [0.2, 0.25) is 0 Å². The number of thiazole rings is 1. The van der Waals surface area contributed by atoms with E-state index in [0.717, 1.165) is 61.2 Å². The van der Waals surface area contributed by atoms with Crippen LogP contribution in [-0.4, -0.2) is 60.7 Å². The number of piperazine rings is 1. The summed E-state index contributed by atoms with van der Waals surface area (Å²) in [5.41, 5.74) is 2.04. The molecule has 7 nitrogen and oxygen atoms in total. The maximum atomic E-state index is 12.7. The summed E-state index contributed by atoms with van der Waals surface area (Å²) >= 11 is 1.72. The minimum atomic E-state index is 0.231. The van der Waals surface area contributed by atoms with Gasteiger partial charge in [-0.3, -0.25) is 4.79 Å². The van der Waals surface area contributed by atoms with E-state index < -0.39 is 0 Å². The standard InChI is InChI=1S/C20H25N5O2S/c1-15-11-16(22-27-15)12-24-7-9-25(10-8-24)20(26)14-23(2)13-19-21-17-5-3-4-6-18(17)28-19/h3-6,11H,7-10,12-14H2,1-2H3/p+2. The Labute approximate surface area is 168 Å². The number of aromatic nitrogens is 2. The van der Waals surface area contributed by atoms with Crippen molar-refractivity contribution in [3.05, 3.63) is 46.8 Å². The lowest BCUT2D eigenvalue weighted by atomic mass is 10.2. The summed E-state index contributed by atoms with van der Waals surface area (Å²) in [7, 11) is 2.07. The van der Waals surface area contributed by atoms with Crippen molar-refractivity contribution in [3.63, 3.8) is 0 Å². The maximum Gasteiger partial charge on any atom is 0.278 e. The second kappa shape index (κ2) is 8.38. The zero-order valence-electron chi connectivity index (χ0n) is 16.4. The van der Waals surface area contributed by atoms with Crippen LogP contribution in [0.25, 0.3) is 10.2 Å². The normalized spacial score (nSPS) is 16.6. The van der Waals surface area contributed by atoms with Crippen molar-refractivity contribution < 1.29 is 19.1 Å². The van der Waals surface area contributed by atoms with Gasteiger partial charge < -0.3 is 19.2 Å². The van der Waals surface area contributed by atoms with Gasteiger partial charge in [-0.25, -0.2) is 4.98 Å². The Hall–Kier alpha value is -2.29. The Morgan fingerprint density at radius 1 is 1.32 bits per heavy atom. The number of nitrogens with zero attached hydrogens (tertiary/aromatic N) is 3. The van der Waals surface area contributed by atoms with E-state index in [4.69, 9.17) is 4.52 Å². The molecule has 1 aromatic carbocycles. The van der Waals surface area contributed by atoms with Crippen LogP contribution in [0.15, 0.2) is 34.9 Å². The number of para-hydroxylation sites is 1. The van der Waals surface area contributed by atoms with Crippen molar-refractivity contribution in [2.24, 2.45) is 0 Å². The van der Waals surface area contributed by atoms with E-state index in [0.29, 0.717) is 6.54 Å². The van der Waals surface area contributed by atoms with E-state index in [1.807, 2.05) is 36.1 Å². The second-order valence-electron chi connectivity index (χ2n) is 7.62. The summed E-state index contributed by atoms with van der Waals surface area (Å²) in [6, 6.07) is 10.2. The number of carbonyl (C=O) groups is 1. The molecule has 2 N–H and O–H groups in total. The van der Waals surface area contributed by atoms with Gasteiger partial charge in [-0.15, -0.1) is 11.3 Å². The van der Waals surface area contributed by atoms with E-state index in [1.54, 1.807) is 11.3 Å². The third-order valence-corrected chi connectivity index (χ3v) is 6.21. The highest BCUT2D eigenvalue weighted by Gasteiger charge is 2.26. The summed E-state index contributed by atoms with van der Waals surface area (Å²) in [4.78, 5) is 22.0. The molecule has 0 aliphatic carbocycles. The van der Waals surface area contributed by atoms with Crippen LogP contribution in [0.3, 0.4) is 0 Å². The lowest BCUT2D eigenvalue weighted by Crippen LogP contribution is -3.14. The molecule has 1 unspecified atom stereocenters. The molecule has 1 aliphatic rings. The second-order valence-corrected chi connectivity index (χ2v) is 8.74. The van der Waals surface area contributed by atoms with Crippen molar-refractivity contribution in [3.8, 4) is 0 Å². The fourth-order valence-corrected chi connectivity index (χ4v) is 4.77. The predicted molar refractivity (Wildman–Crippen MR) is 107 cm³/mol. The molecule has 28 heavy (non-hydrogen) atoms. The molecule has 1 fully saturated rings. The van der Waals surface area contributed by atoms with E-state index in [1.165, 1.54) is 14.5 Å². The van der Waals surface area contributed by atoms with Crippen LogP contribution < -0.4 is 9.80 Å². The van der Waals surface area contributed by atoms with Gasteiger partial charge in [0.15, 0.2) is 6.54 Å². The van der Waals surface area contributed by atoms with Crippen LogP contribution in [0.1, 0.15) is 16.5 Å². The third-order valence-electron chi connectivity index (χ3n) is 5.18. The fourth-order valence-electron chi connectivity index (χ4n) is 3.69. The lowest BCUT2D eigenvalue weighted by molar-refractivity contribution is -0.918. The minimum absolute atomic E-state index is 0.231. The predicted octanol–water partition coefficient (Wildman–Crippen LogP) is -0.465. The Morgan fingerprint density at radius 3 is 2.82 bits per heavy atom. The van der Waals surface area contributed by atoms with E-state index >= 15 is 0 Å². The first-order valence-electron chi connectivity index (χ1n) is 9.76. The summed E-state index contributed by atoms with van der Waals surface area (Å²) in [6.07, 6.45) is 0. The number of quaternary nitrogens is 2. The highest BCUT2D eigenvalue weighted by Crippen LogP contribution is 2.20. The zero-order valence-corrected chi connectivity index (χ0v) is 17.2. The number of carbonyl (C=O) groups excluding carboxylic acids is 1. The van der Waals surface area contributed by atoms with Crippen LogP contribution in [-0.2, 0) is 17.9 Å². The molecule has 3 heterocycles. The number of fused-ring (bicyclic) bond motifs is 1. The van der Waals surface area contributed by atoms with Crippen molar-refractivity contribution in [1.29, 1.82) is 0 Å². The molecule has 8 heteroatoms. The first-order chi connectivity index (χ1) is 13.6. The Balaban J connectivity index is 1.24. The first kappa shape index (κ1) is 19.0.